The van der Waals surface area contributed by atoms with Crippen LogP contribution in [-0.4, -0.2) is 96.7 Å². The van der Waals surface area contributed by atoms with Crippen molar-refractivity contribution in [3.8, 4) is 0 Å². The maximum atomic E-state index is 13.0. The molecule has 0 heterocycles. The van der Waals surface area contributed by atoms with Crippen LogP contribution in [0, 0.1) is 23.7 Å². The first-order valence-corrected chi connectivity index (χ1v) is 36.7. The van der Waals surface area contributed by atoms with Crippen LogP contribution in [0.15, 0.2) is 0 Å². The Bertz CT molecular complexity index is 1680. The molecule has 0 fully saturated rings. The van der Waals surface area contributed by atoms with E-state index in [1.807, 2.05) is 0 Å². The third kappa shape index (κ3) is 57.8. The number of aliphatic hydroxyl groups is 1. The van der Waals surface area contributed by atoms with Crippen molar-refractivity contribution in [2.75, 3.05) is 39.6 Å². The van der Waals surface area contributed by atoms with Crippen LogP contribution in [0.1, 0.15) is 312 Å². The van der Waals surface area contributed by atoms with E-state index in [0.29, 0.717) is 31.6 Å². The first kappa shape index (κ1) is 82.1. The number of phosphoric acid groups is 2. The van der Waals surface area contributed by atoms with Gasteiger partial charge in [-0.1, -0.05) is 261 Å². The van der Waals surface area contributed by atoms with Crippen LogP contribution in [0.5, 0.6) is 0 Å². The summed E-state index contributed by atoms with van der Waals surface area (Å²) in [4.78, 5) is 72.3. The second kappa shape index (κ2) is 55.2. The molecule has 0 bridgehead atoms. The zero-order chi connectivity index (χ0) is 62.5. The van der Waals surface area contributed by atoms with Crippen LogP contribution < -0.4 is 0 Å². The predicted octanol–water partition coefficient (Wildman–Crippen LogP) is 17.8. The monoisotopic (exact) mass is 1240 g/mol. The van der Waals surface area contributed by atoms with E-state index in [1.165, 1.54) is 109 Å². The Kier molecular flexibility index (Phi) is 53.9. The highest BCUT2D eigenvalue weighted by Crippen LogP contribution is 2.45. The Morgan fingerprint density at radius 3 is 0.845 bits per heavy atom. The van der Waals surface area contributed by atoms with Crippen LogP contribution >= 0.6 is 15.6 Å². The topological polar surface area (TPSA) is 237 Å². The number of rotatable bonds is 62. The van der Waals surface area contributed by atoms with Gasteiger partial charge in [0.2, 0.25) is 0 Å². The van der Waals surface area contributed by atoms with Gasteiger partial charge < -0.3 is 33.8 Å². The molecule has 0 saturated carbocycles. The SMILES string of the molecule is CCC(C)CCCCCCCCC(=O)OC[C@H](COP(=O)(O)OC[C@H](O)COP(=O)(O)OC[C@@H](COC(=O)CCCCCCCCCCC(C)C)OC(=O)CCCCCCCCCC(C)C)OC(=O)CCCCCCCCCCCCC(C)C. The molecule has 0 saturated heterocycles. The van der Waals surface area contributed by atoms with E-state index in [2.05, 4.69) is 55.4 Å². The Morgan fingerprint density at radius 2 is 0.571 bits per heavy atom. The molecule has 0 aromatic rings. The molecule has 0 amide bonds. The molecule has 19 heteroatoms. The molecule has 84 heavy (non-hydrogen) atoms. The Labute approximate surface area is 511 Å². The van der Waals surface area contributed by atoms with Crippen molar-refractivity contribution in [1.82, 2.24) is 0 Å². The zero-order valence-electron chi connectivity index (χ0n) is 54.5. The second-order valence-electron chi connectivity index (χ2n) is 25.2. The average molecular weight is 1240 g/mol. The number of hydrogen-bond acceptors (Lipinski definition) is 15. The number of ether oxygens (including phenoxy) is 4. The summed E-state index contributed by atoms with van der Waals surface area (Å²) in [5.74, 6) is 0.765. The number of esters is 4. The van der Waals surface area contributed by atoms with E-state index < -0.39 is 97.5 Å². The van der Waals surface area contributed by atoms with Crippen LogP contribution in [0.25, 0.3) is 0 Å². The van der Waals surface area contributed by atoms with Crippen LogP contribution in [0.4, 0.5) is 0 Å². The highest BCUT2D eigenvalue weighted by molar-refractivity contribution is 7.47. The standard InChI is InChI=1S/C65H126O17P2/c1-9-58(8)44-36-28-23-24-30-38-46-63(68)76-52-61(81-64(69)47-39-31-21-13-11-10-12-17-25-33-41-55(2)3)54-80-84(73,74)78-50-59(66)49-77-83(71,72)79-53-60(82-65(70)48-40-32-22-16-19-27-35-43-57(6)7)51-75-62(67)45-37-29-20-15-14-18-26-34-42-56(4)5/h55-61,66H,9-54H2,1-8H3,(H,71,72)(H,73,74)/t58?,59-,60-,61-/m1/s1. The van der Waals surface area contributed by atoms with Gasteiger partial charge in [-0.3, -0.25) is 37.3 Å². The summed E-state index contributed by atoms with van der Waals surface area (Å²) in [7, 11) is -9.89. The zero-order valence-corrected chi connectivity index (χ0v) is 56.3. The molecule has 6 atom stereocenters. The molecule has 0 aromatic carbocycles. The van der Waals surface area contributed by atoms with Crippen LogP contribution in [0.3, 0.4) is 0 Å². The fraction of sp³-hybridized carbons (Fsp3) is 0.938. The van der Waals surface area contributed by atoms with E-state index in [4.69, 9.17) is 37.0 Å². The van der Waals surface area contributed by atoms with Crippen LogP contribution in [-0.2, 0) is 65.4 Å². The Balaban J connectivity index is 5.26. The first-order valence-electron chi connectivity index (χ1n) is 33.7. The largest absolute Gasteiger partial charge is 0.472 e. The summed E-state index contributed by atoms with van der Waals surface area (Å²) >= 11 is 0. The molecule has 0 aromatic heterocycles. The number of hydrogen-bond donors (Lipinski definition) is 3. The number of unbranched alkanes of at least 4 members (excludes halogenated alkanes) is 27. The lowest BCUT2D eigenvalue weighted by molar-refractivity contribution is -0.161. The summed E-state index contributed by atoms with van der Waals surface area (Å²) in [5, 5.41) is 10.5. The van der Waals surface area contributed by atoms with E-state index >= 15 is 0 Å². The Hall–Kier alpha value is -1.94. The van der Waals surface area contributed by atoms with Gasteiger partial charge in [0.15, 0.2) is 12.2 Å². The van der Waals surface area contributed by atoms with Gasteiger partial charge in [-0.2, -0.15) is 0 Å². The van der Waals surface area contributed by atoms with Crippen molar-refractivity contribution in [2.24, 2.45) is 23.7 Å². The maximum Gasteiger partial charge on any atom is 0.472 e. The highest BCUT2D eigenvalue weighted by Gasteiger charge is 2.30. The fourth-order valence-electron chi connectivity index (χ4n) is 9.57. The molecule has 0 aliphatic heterocycles. The van der Waals surface area contributed by atoms with Gasteiger partial charge in [0.1, 0.15) is 19.3 Å². The van der Waals surface area contributed by atoms with Gasteiger partial charge in [-0.15, -0.1) is 0 Å². The number of phosphoric ester groups is 2. The number of carbonyl (C=O) groups is 4. The van der Waals surface area contributed by atoms with Crippen molar-refractivity contribution in [2.45, 2.75) is 331 Å². The molecule has 3 unspecified atom stereocenters. The smallest absolute Gasteiger partial charge is 0.462 e. The van der Waals surface area contributed by atoms with Gasteiger partial charge in [0.25, 0.3) is 0 Å². The normalized spacial score (nSPS) is 14.7. The minimum absolute atomic E-state index is 0.102. The highest BCUT2D eigenvalue weighted by atomic mass is 31.2. The quantitative estimate of drug-likeness (QED) is 0.0222. The minimum Gasteiger partial charge on any atom is -0.462 e. The summed E-state index contributed by atoms with van der Waals surface area (Å²) in [6.45, 7) is 14.0. The molecule has 0 radical (unpaired) electrons. The van der Waals surface area contributed by atoms with Crippen molar-refractivity contribution >= 4 is 39.5 Å². The van der Waals surface area contributed by atoms with Gasteiger partial charge in [0, 0.05) is 25.7 Å². The van der Waals surface area contributed by atoms with Gasteiger partial charge in [-0.05, 0) is 49.4 Å². The van der Waals surface area contributed by atoms with Crippen molar-refractivity contribution in [1.29, 1.82) is 0 Å². The third-order valence-electron chi connectivity index (χ3n) is 15.2. The number of aliphatic hydroxyl groups excluding tert-OH is 1. The third-order valence-corrected chi connectivity index (χ3v) is 17.1. The van der Waals surface area contributed by atoms with Gasteiger partial charge in [-0.25, -0.2) is 9.13 Å². The second-order valence-corrected chi connectivity index (χ2v) is 28.1. The van der Waals surface area contributed by atoms with E-state index in [-0.39, 0.29) is 25.7 Å². The fourth-order valence-corrected chi connectivity index (χ4v) is 11.2. The van der Waals surface area contributed by atoms with Gasteiger partial charge in [0.05, 0.1) is 26.4 Å². The van der Waals surface area contributed by atoms with E-state index in [1.54, 1.807) is 0 Å². The summed E-state index contributed by atoms with van der Waals surface area (Å²) < 4.78 is 68.0. The van der Waals surface area contributed by atoms with Crippen molar-refractivity contribution < 1.29 is 80.2 Å². The number of carbonyl (C=O) groups excluding carboxylic acids is 4. The van der Waals surface area contributed by atoms with Crippen LogP contribution in [0.2, 0.25) is 0 Å². The maximum absolute atomic E-state index is 13.0. The summed E-state index contributed by atoms with van der Waals surface area (Å²) in [5.41, 5.74) is 0. The molecular weight excluding hydrogens is 1110 g/mol. The molecule has 0 aliphatic rings. The molecule has 3 N–H and O–H groups in total. The molecule has 0 rings (SSSR count). The summed E-state index contributed by atoms with van der Waals surface area (Å²) in [6.07, 6.45) is 35.0. The summed E-state index contributed by atoms with van der Waals surface area (Å²) in [6, 6.07) is 0. The lowest BCUT2D eigenvalue weighted by Gasteiger charge is -2.21. The lowest BCUT2D eigenvalue weighted by Crippen LogP contribution is -2.30. The average Bonchev–Trinajstić information content (AvgIpc) is 3.57. The van der Waals surface area contributed by atoms with Crippen molar-refractivity contribution in [3.63, 3.8) is 0 Å². The van der Waals surface area contributed by atoms with Gasteiger partial charge >= 0.3 is 39.5 Å². The lowest BCUT2D eigenvalue weighted by atomic mass is 10.00. The predicted molar refractivity (Wildman–Crippen MR) is 335 cm³/mol. The van der Waals surface area contributed by atoms with E-state index in [9.17, 15) is 43.2 Å². The Morgan fingerprint density at radius 1 is 0.333 bits per heavy atom. The first-order chi connectivity index (χ1) is 40.1. The van der Waals surface area contributed by atoms with E-state index in [0.717, 1.165) is 114 Å². The van der Waals surface area contributed by atoms with Crippen molar-refractivity contribution in [3.05, 3.63) is 0 Å². The minimum atomic E-state index is -4.95. The molecule has 0 aliphatic carbocycles. The molecular formula is C65H126O17P2. The molecule has 498 valence electrons. The molecule has 17 nitrogen and oxygen atoms in total. The molecule has 0 spiro atoms.